The van der Waals surface area contributed by atoms with Crippen molar-refractivity contribution in [3.63, 3.8) is 0 Å². The molecule has 0 aliphatic carbocycles. The van der Waals surface area contributed by atoms with E-state index in [1.807, 2.05) is 61.5 Å². The van der Waals surface area contributed by atoms with Gasteiger partial charge in [-0.15, -0.1) is 0 Å². The molecule has 0 radical (unpaired) electrons. The number of ether oxygens (including phenoxy) is 1. The Hall–Kier alpha value is -2.92. The Morgan fingerprint density at radius 3 is 2.14 bits per heavy atom. The normalized spacial score (nSPS) is 12.3. The lowest BCUT2D eigenvalue weighted by Crippen LogP contribution is -2.21. The van der Waals surface area contributed by atoms with Crippen molar-refractivity contribution in [3.8, 4) is 5.75 Å². The van der Waals surface area contributed by atoms with Crippen molar-refractivity contribution in [2.45, 2.75) is 30.2 Å². The van der Waals surface area contributed by atoms with Crippen LogP contribution < -0.4 is 4.74 Å². The fourth-order valence-electron chi connectivity index (χ4n) is 2.82. The van der Waals surface area contributed by atoms with Crippen molar-refractivity contribution in [1.82, 2.24) is 0 Å². The lowest BCUT2D eigenvalue weighted by Gasteiger charge is -2.14. The number of nitrogens with zero attached hydrogens (tertiary/aromatic N) is 1. The number of rotatable bonds is 8. The summed E-state index contributed by atoms with van der Waals surface area (Å²) in [6, 6.07) is 24.1. The summed E-state index contributed by atoms with van der Waals surface area (Å²) in [7, 11) is -3.58. The Kier molecular flexibility index (Phi) is 6.26. The van der Waals surface area contributed by atoms with E-state index in [9.17, 15) is 8.42 Å². The van der Waals surface area contributed by atoms with Crippen LogP contribution in [0, 0.1) is 6.92 Å². The standard InChI is InChI=1S/C23H23NO3S/c1-18-8-14-22(15-9-18)28(25,26)23(24-2)16-19-10-12-21(13-11-19)27-17-20-6-4-3-5-7-20/h3-15,23H,2,16-17H2,1H3. The SMILES string of the molecule is C=NC(Cc1ccc(OCc2ccccc2)cc1)S(=O)(=O)c1ccc(C)cc1. The van der Waals surface area contributed by atoms with E-state index in [1.54, 1.807) is 24.3 Å². The second-order valence-electron chi connectivity index (χ2n) is 6.62. The predicted octanol–water partition coefficient (Wildman–Crippen LogP) is 4.62. The molecule has 0 bridgehead atoms. The number of hydrogen-bond acceptors (Lipinski definition) is 4. The highest BCUT2D eigenvalue weighted by atomic mass is 32.2. The predicted molar refractivity (Wildman–Crippen MR) is 113 cm³/mol. The van der Waals surface area contributed by atoms with Crippen molar-refractivity contribution < 1.29 is 13.2 Å². The lowest BCUT2D eigenvalue weighted by atomic mass is 10.1. The van der Waals surface area contributed by atoms with E-state index in [0.29, 0.717) is 6.61 Å². The van der Waals surface area contributed by atoms with Crippen LogP contribution in [-0.4, -0.2) is 20.5 Å². The Morgan fingerprint density at radius 1 is 0.893 bits per heavy atom. The van der Waals surface area contributed by atoms with Gasteiger partial charge in [0.2, 0.25) is 9.84 Å². The summed E-state index contributed by atoms with van der Waals surface area (Å²) in [5.74, 6) is 0.733. The van der Waals surface area contributed by atoms with E-state index >= 15 is 0 Å². The molecule has 0 heterocycles. The van der Waals surface area contributed by atoms with E-state index in [-0.39, 0.29) is 11.3 Å². The van der Waals surface area contributed by atoms with Crippen LogP contribution in [0.1, 0.15) is 16.7 Å². The molecule has 0 N–H and O–H groups in total. The van der Waals surface area contributed by atoms with Crippen LogP contribution in [0.4, 0.5) is 0 Å². The summed E-state index contributed by atoms with van der Waals surface area (Å²) in [6.45, 7) is 5.90. The van der Waals surface area contributed by atoms with Gasteiger partial charge in [0.25, 0.3) is 0 Å². The molecule has 4 nitrogen and oxygen atoms in total. The van der Waals surface area contributed by atoms with Gasteiger partial charge in [0.1, 0.15) is 12.4 Å². The molecular weight excluding hydrogens is 370 g/mol. The highest BCUT2D eigenvalue weighted by molar-refractivity contribution is 7.92. The van der Waals surface area contributed by atoms with E-state index in [1.165, 1.54) is 0 Å². The van der Waals surface area contributed by atoms with Crippen LogP contribution in [0.25, 0.3) is 0 Å². The van der Waals surface area contributed by atoms with Gasteiger partial charge in [-0.25, -0.2) is 8.42 Å². The molecule has 3 aromatic rings. The molecule has 1 atom stereocenters. The van der Waals surface area contributed by atoms with Gasteiger partial charge >= 0.3 is 0 Å². The number of sulfone groups is 1. The lowest BCUT2D eigenvalue weighted by molar-refractivity contribution is 0.306. The average Bonchev–Trinajstić information content (AvgIpc) is 2.72. The Morgan fingerprint density at radius 2 is 1.54 bits per heavy atom. The minimum Gasteiger partial charge on any atom is -0.489 e. The smallest absolute Gasteiger partial charge is 0.201 e. The third-order valence-corrected chi connectivity index (χ3v) is 6.45. The van der Waals surface area contributed by atoms with E-state index in [4.69, 9.17) is 4.74 Å². The monoisotopic (exact) mass is 393 g/mol. The number of hydrogen-bond donors (Lipinski definition) is 0. The molecule has 0 saturated heterocycles. The van der Waals surface area contributed by atoms with Gasteiger partial charge in [0, 0.05) is 6.42 Å². The third kappa shape index (κ3) is 4.87. The Labute approximate surface area is 166 Å². The topological polar surface area (TPSA) is 55.7 Å². The first kappa shape index (κ1) is 19.8. The summed E-state index contributed by atoms with van der Waals surface area (Å²) >= 11 is 0. The molecule has 0 aromatic heterocycles. The maximum Gasteiger partial charge on any atom is 0.201 e. The molecule has 0 aliphatic rings. The summed E-state index contributed by atoms with van der Waals surface area (Å²) in [5.41, 5.74) is 2.96. The van der Waals surface area contributed by atoms with Crippen molar-refractivity contribution in [2.75, 3.05) is 0 Å². The summed E-state index contributed by atoms with van der Waals surface area (Å²) in [5, 5.41) is -0.925. The molecule has 0 fully saturated rings. The molecule has 0 aliphatic heterocycles. The minimum absolute atomic E-state index is 0.262. The molecule has 5 heteroatoms. The largest absolute Gasteiger partial charge is 0.489 e. The van der Waals surface area contributed by atoms with Gasteiger partial charge in [-0.1, -0.05) is 60.2 Å². The third-order valence-electron chi connectivity index (χ3n) is 4.49. The first-order chi connectivity index (χ1) is 13.5. The second-order valence-corrected chi connectivity index (χ2v) is 8.72. The van der Waals surface area contributed by atoms with Crippen molar-refractivity contribution in [2.24, 2.45) is 4.99 Å². The van der Waals surface area contributed by atoms with Crippen LogP contribution >= 0.6 is 0 Å². The van der Waals surface area contributed by atoms with Gasteiger partial charge in [-0.05, 0) is 49.0 Å². The Balaban J connectivity index is 1.67. The molecule has 144 valence electrons. The molecular formula is C23H23NO3S. The molecule has 3 rings (SSSR count). The van der Waals surface area contributed by atoms with Crippen LogP contribution in [0.15, 0.2) is 88.8 Å². The first-order valence-electron chi connectivity index (χ1n) is 9.01. The van der Waals surface area contributed by atoms with Crippen LogP contribution in [0.2, 0.25) is 0 Å². The highest BCUT2D eigenvalue weighted by Crippen LogP contribution is 2.22. The summed E-state index contributed by atoms with van der Waals surface area (Å²) < 4.78 is 31.5. The molecule has 0 spiro atoms. The fourth-order valence-corrected chi connectivity index (χ4v) is 4.26. The molecule has 0 amide bonds. The highest BCUT2D eigenvalue weighted by Gasteiger charge is 2.26. The summed E-state index contributed by atoms with van der Waals surface area (Å²) in [4.78, 5) is 4.15. The van der Waals surface area contributed by atoms with E-state index in [0.717, 1.165) is 22.4 Å². The number of benzene rings is 3. The van der Waals surface area contributed by atoms with Gasteiger partial charge in [0.05, 0.1) is 4.90 Å². The van der Waals surface area contributed by atoms with Gasteiger partial charge in [-0.2, -0.15) is 0 Å². The van der Waals surface area contributed by atoms with Crippen molar-refractivity contribution >= 4 is 16.6 Å². The van der Waals surface area contributed by atoms with Crippen LogP contribution in [0.5, 0.6) is 5.75 Å². The number of aryl methyl sites for hydroxylation is 1. The van der Waals surface area contributed by atoms with E-state index in [2.05, 4.69) is 11.7 Å². The molecule has 1 unspecified atom stereocenters. The van der Waals surface area contributed by atoms with Crippen LogP contribution in [0.3, 0.4) is 0 Å². The maximum absolute atomic E-state index is 12.8. The zero-order valence-electron chi connectivity index (χ0n) is 15.8. The van der Waals surface area contributed by atoms with Gasteiger partial charge < -0.3 is 4.74 Å². The van der Waals surface area contributed by atoms with Crippen molar-refractivity contribution in [1.29, 1.82) is 0 Å². The second kappa shape index (κ2) is 8.85. The van der Waals surface area contributed by atoms with E-state index < -0.39 is 15.2 Å². The maximum atomic E-state index is 12.8. The fraction of sp³-hybridized carbons (Fsp3) is 0.174. The van der Waals surface area contributed by atoms with Gasteiger partial charge in [-0.3, -0.25) is 4.99 Å². The summed E-state index contributed by atoms with van der Waals surface area (Å²) in [6.07, 6.45) is 0.263. The van der Waals surface area contributed by atoms with Crippen molar-refractivity contribution in [3.05, 3.63) is 95.6 Å². The molecule has 3 aromatic carbocycles. The minimum atomic E-state index is -3.58. The first-order valence-corrected chi connectivity index (χ1v) is 10.6. The Bertz CT molecular complexity index is 1010. The van der Waals surface area contributed by atoms with Gasteiger partial charge in [0.15, 0.2) is 5.37 Å². The average molecular weight is 394 g/mol. The zero-order valence-corrected chi connectivity index (χ0v) is 16.6. The quantitative estimate of drug-likeness (QED) is 0.525. The number of aliphatic imine (C=N–C) groups is 1. The molecule has 28 heavy (non-hydrogen) atoms. The zero-order chi connectivity index (χ0) is 20.0. The van der Waals surface area contributed by atoms with Crippen LogP contribution in [-0.2, 0) is 22.9 Å². The molecule has 0 saturated carbocycles.